The van der Waals surface area contributed by atoms with Gasteiger partial charge >= 0.3 is 0 Å². The predicted octanol–water partition coefficient (Wildman–Crippen LogP) is 4.24. The highest BCUT2D eigenvalue weighted by Gasteiger charge is 2.31. The van der Waals surface area contributed by atoms with E-state index in [9.17, 15) is 9.90 Å². The van der Waals surface area contributed by atoms with Crippen LogP contribution in [0.1, 0.15) is 62.9 Å². The molecule has 0 radical (unpaired) electrons. The molecule has 3 heterocycles. The van der Waals surface area contributed by atoms with Gasteiger partial charge in [-0.3, -0.25) is 4.79 Å². The molecule has 6 heteroatoms. The highest BCUT2D eigenvalue weighted by Crippen LogP contribution is 2.39. The number of para-hydroxylation sites is 1. The first-order chi connectivity index (χ1) is 14.4. The van der Waals surface area contributed by atoms with E-state index in [1.165, 1.54) is 19.3 Å². The number of aryl methyl sites for hydroxylation is 1. The summed E-state index contributed by atoms with van der Waals surface area (Å²) in [5.41, 5.74) is 5.22. The van der Waals surface area contributed by atoms with Crippen molar-refractivity contribution in [2.75, 3.05) is 23.3 Å². The van der Waals surface area contributed by atoms with Gasteiger partial charge in [-0.25, -0.2) is 9.97 Å². The van der Waals surface area contributed by atoms with Gasteiger partial charge in [0.15, 0.2) is 5.82 Å². The molecule has 1 fully saturated rings. The number of anilines is 2. The number of piperidine rings is 1. The maximum Gasteiger partial charge on any atom is 0.228 e. The van der Waals surface area contributed by atoms with Crippen LogP contribution in [-0.2, 0) is 17.8 Å². The molecule has 160 valence electrons. The standard InChI is InChI=1S/C24H32N4O2/c1-4-5-9-24(3)10-12-28(13-11-24)23-19(15-29)26-21(16(2)25-23)18-8-6-7-17-14-20(30)27-22(17)18/h6-8,29H,4-5,9-15H2,1-3H3,(H,27,30). The number of nitrogens with zero attached hydrogens (tertiary/aromatic N) is 3. The SMILES string of the molecule is CCCCC1(C)CCN(c2nc(C)c(-c3cccc4c3NC(=O)C4)nc2CO)CC1. The molecule has 1 amide bonds. The Hall–Kier alpha value is -2.47. The Morgan fingerprint density at radius 2 is 2.00 bits per heavy atom. The van der Waals surface area contributed by atoms with Crippen LogP contribution in [0.25, 0.3) is 11.3 Å². The molecule has 1 aromatic heterocycles. The summed E-state index contributed by atoms with van der Waals surface area (Å²) in [5.74, 6) is 0.800. The molecule has 30 heavy (non-hydrogen) atoms. The Balaban J connectivity index is 1.62. The first-order valence-corrected chi connectivity index (χ1v) is 11.1. The lowest BCUT2D eigenvalue weighted by Gasteiger charge is -2.40. The number of aliphatic hydroxyl groups excluding tert-OH is 1. The van der Waals surface area contributed by atoms with Crippen molar-refractivity contribution in [2.24, 2.45) is 5.41 Å². The van der Waals surface area contributed by atoms with E-state index in [1.54, 1.807) is 0 Å². The zero-order valence-electron chi connectivity index (χ0n) is 18.3. The van der Waals surface area contributed by atoms with Crippen LogP contribution in [0.15, 0.2) is 18.2 Å². The maximum absolute atomic E-state index is 11.9. The highest BCUT2D eigenvalue weighted by atomic mass is 16.3. The summed E-state index contributed by atoms with van der Waals surface area (Å²) in [6.07, 6.45) is 6.47. The zero-order valence-corrected chi connectivity index (χ0v) is 18.3. The van der Waals surface area contributed by atoms with Gasteiger partial charge in [-0.2, -0.15) is 0 Å². The third kappa shape index (κ3) is 3.93. The lowest BCUT2D eigenvalue weighted by Crippen LogP contribution is -2.40. The van der Waals surface area contributed by atoms with E-state index in [1.807, 2.05) is 25.1 Å². The van der Waals surface area contributed by atoms with Crippen LogP contribution in [0.5, 0.6) is 0 Å². The fourth-order valence-electron chi connectivity index (χ4n) is 4.72. The molecule has 0 spiro atoms. The van der Waals surface area contributed by atoms with Crippen LogP contribution in [-0.4, -0.2) is 34.1 Å². The number of hydrogen-bond acceptors (Lipinski definition) is 5. The number of aliphatic hydroxyl groups is 1. The van der Waals surface area contributed by atoms with Crippen LogP contribution in [0.4, 0.5) is 11.5 Å². The Kier molecular flexibility index (Phi) is 5.78. The number of carbonyl (C=O) groups is 1. The van der Waals surface area contributed by atoms with E-state index in [-0.39, 0.29) is 12.5 Å². The van der Waals surface area contributed by atoms with E-state index in [2.05, 4.69) is 24.1 Å². The third-order valence-corrected chi connectivity index (χ3v) is 6.70. The van der Waals surface area contributed by atoms with Crippen molar-refractivity contribution in [3.05, 3.63) is 35.2 Å². The normalized spacial score (nSPS) is 17.7. The average Bonchev–Trinajstić information content (AvgIpc) is 3.13. The van der Waals surface area contributed by atoms with Crippen molar-refractivity contribution >= 4 is 17.4 Å². The molecule has 2 aliphatic rings. The third-order valence-electron chi connectivity index (χ3n) is 6.70. The fraction of sp³-hybridized carbons (Fsp3) is 0.542. The van der Waals surface area contributed by atoms with E-state index in [0.29, 0.717) is 17.5 Å². The minimum Gasteiger partial charge on any atom is -0.390 e. The van der Waals surface area contributed by atoms with E-state index in [0.717, 1.165) is 60.0 Å². The number of carbonyl (C=O) groups excluding carboxylic acids is 1. The van der Waals surface area contributed by atoms with E-state index in [4.69, 9.17) is 9.97 Å². The fourth-order valence-corrected chi connectivity index (χ4v) is 4.72. The summed E-state index contributed by atoms with van der Waals surface area (Å²) >= 11 is 0. The van der Waals surface area contributed by atoms with Crippen LogP contribution >= 0.6 is 0 Å². The molecule has 4 rings (SSSR count). The lowest BCUT2D eigenvalue weighted by molar-refractivity contribution is -0.115. The first kappa shape index (κ1) is 20.8. The second kappa shape index (κ2) is 8.34. The van der Waals surface area contributed by atoms with Crippen molar-refractivity contribution in [1.82, 2.24) is 9.97 Å². The zero-order chi connectivity index (χ0) is 21.3. The average molecular weight is 409 g/mol. The van der Waals surface area contributed by atoms with Gasteiger partial charge in [0.25, 0.3) is 0 Å². The van der Waals surface area contributed by atoms with Gasteiger partial charge in [0.1, 0.15) is 5.69 Å². The Bertz CT molecular complexity index is 948. The smallest absolute Gasteiger partial charge is 0.228 e. The summed E-state index contributed by atoms with van der Waals surface area (Å²) in [4.78, 5) is 23.9. The number of hydrogen-bond donors (Lipinski definition) is 2. The van der Waals surface area contributed by atoms with Gasteiger partial charge in [-0.15, -0.1) is 0 Å². The van der Waals surface area contributed by atoms with Crippen molar-refractivity contribution in [3.8, 4) is 11.3 Å². The van der Waals surface area contributed by atoms with Crippen LogP contribution in [0.3, 0.4) is 0 Å². The molecular formula is C24H32N4O2. The Morgan fingerprint density at radius 1 is 1.23 bits per heavy atom. The van der Waals surface area contributed by atoms with Crippen molar-refractivity contribution < 1.29 is 9.90 Å². The first-order valence-electron chi connectivity index (χ1n) is 11.1. The summed E-state index contributed by atoms with van der Waals surface area (Å²) in [7, 11) is 0. The minimum atomic E-state index is -0.152. The van der Waals surface area contributed by atoms with Gasteiger partial charge in [0.05, 0.1) is 30.1 Å². The highest BCUT2D eigenvalue weighted by molar-refractivity contribution is 6.03. The molecule has 1 saturated heterocycles. The van der Waals surface area contributed by atoms with Gasteiger partial charge in [-0.1, -0.05) is 44.9 Å². The molecular weight excluding hydrogens is 376 g/mol. The van der Waals surface area contributed by atoms with Gasteiger partial charge < -0.3 is 15.3 Å². The second-order valence-corrected chi connectivity index (χ2v) is 9.05. The topological polar surface area (TPSA) is 78.4 Å². The quantitative estimate of drug-likeness (QED) is 0.748. The molecule has 0 atom stereocenters. The van der Waals surface area contributed by atoms with Gasteiger partial charge in [0, 0.05) is 18.7 Å². The van der Waals surface area contributed by atoms with Gasteiger partial charge in [0.2, 0.25) is 5.91 Å². The minimum absolute atomic E-state index is 0.00139. The van der Waals surface area contributed by atoms with Crippen LogP contribution < -0.4 is 10.2 Å². The Morgan fingerprint density at radius 3 is 2.70 bits per heavy atom. The molecule has 2 aliphatic heterocycles. The van der Waals surface area contributed by atoms with Crippen molar-refractivity contribution in [1.29, 1.82) is 0 Å². The van der Waals surface area contributed by atoms with Gasteiger partial charge in [-0.05, 0) is 37.2 Å². The second-order valence-electron chi connectivity index (χ2n) is 9.05. The largest absolute Gasteiger partial charge is 0.390 e. The molecule has 0 saturated carbocycles. The summed E-state index contributed by atoms with van der Waals surface area (Å²) in [5, 5.41) is 13.0. The van der Waals surface area contributed by atoms with Crippen molar-refractivity contribution in [3.63, 3.8) is 0 Å². The number of nitrogens with one attached hydrogen (secondary N) is 1. The molecule has 0 unspecified atom stereocenters. The van der Waals surface area contributed by atoms with Crippen molar-refractivity contribution in [2.45, 2.75) is 65.9 Å². The monoisotopic (exact) mass is 408 g/mol. The molecule has 6 nitrogen and oxygen atoms in total. The molecule has 2 N–H and O–H groups in total. The van der Waals surface area contributed by atoms with E-state index >= 15 is 0 Å². The maximum atomic E-state index is 11.9. The van der Waals surface area contributed by atoms with E-state index < -0.39 is 0 Å². The number of amides is 1. The number of benzene rings is 1. The predicted molar refractivity (Wildman–Crippen MR) is 120 cm³/mol. The summed E-state index contributed by atoms with van der Waals surface area (Å²) < 4.78 is 0. The molecule has 1 aromatic carbocycles. The number of unbranched alkanes of at least 4 members (excludes halogenated alkanes) is 1. The number of rotatable bonds is 6. The molecule has 0 bridgehead atoms. The Labute approximate surface area is 178 Å². The lowest BCUT2D eigenvalue weighted by atomic mass is 9.76. The number of fused-ring (bicyclic) bond motifs is 1. The number of aromatic nitrogens is 2. The molecule has 2 aromatic rings. The summed E-state index contributed by atoms with van der Waals surface area (Å²) in [6, 6.07) is 5.87. The van der Waals surface area contributed by atoms with Crippen LogP contribution in [0.2, 0.25) is 0 Å². The molecule has 0 aliphatic carbocycles. The van der Waals surface area contributed by atoms with Crippen LogP contribution in [0, 0.1) is 12.3 Å². The summed E-state index contributed by atoms with van der Waals surface area (Å²) in [6.45, 7) is 8.34.